The second kappa shape index (κ2) is 7.16. The molecule has 1 saturated heterocycles. The van der Waals surface area contributed by atoms with Crippen molar-refractivity contribution >= 4 is 10.8 Å². The third-order valence-electron chi connectivity index (χ3n) is 5.23. The van der Waals surface area contributed by atoms with E-state index in [2.05, 4.69) is 72.8 Å². The number of benzene rings is 3. The lowest BCUT2D eigenvalue weighted by Gasteiger charge is -2.29. The van der Waals surface area contributed by atoms with Crippen molar-refractivity contribution in [1.82, 2.24) is 0 Å². The zero-order chi connectivity index (χ0) is 16.2. The Balaban J connectivity index is 1.34. The molecule has 4 rings (SSSR count). The van der Waals surface area contributed by atoms with Gasteiger partial charge in [0.05, 0.1) is 0 Å². The third-order valence-corrected chi connectivity index (χ3v) is 5.23. The summed E-state index contributed by atoms with van der Waals surface area (Å²) in [5.74, 6) is 0. The van der Waals surface area contributed by atoms with E-state index in [9.17, 15) is 0 Å². The van der Waals surface area contributed by atoms with Crippen molar-refractivity contribution in [2.45, 2.75) is 13.1 Å². The predicted octanol–water partition coefficient (Wildman–Crippen LogP) is 1.32. The normalized spacial score (nSPS) is 21.0. The Bertz CT molecular complexity index is 789. The van der Waals surface area contributed by atoms with Crippen LogP contribution in [-0.2, 0) is 13.1 Å². The van der Waals surface area contributed by atoms with E-state index in [0.29, 0.717) is 0 Å². The van der Waals surface area contributed by atoms with E-state index in [1.54, 1.807) is 9.80 Å². The highest BCUT2D eigenvalue weighted by Gasteiger charge is 2.23. The Hall–Kier alpha value is -2.16. The molecule has 0 spiro atoms. The van der Waals surface area contributed by atoms with Crippen LogP contribution in [0.5, 0.6) is 0 Å². The first kappa shape index (κ1) is 15.4. The first-order chi connectivity index (χ1) is 11.9. The smallest absolute Gasteiger partial charge is 0.127 e. The Morgan fingerprint density at radius 3 is 1.83 bits per heavy atom. The largest absolute Gasteiger partial charge is 0.322 e. The second-order valence-corrected chi connectivity index (χ2v) is 7.02. The number of nitrogens with one attached hydrogen (secondary N) is 2. The molecule has 0 bridgehead atoms. The lowest BCUT2D eigenvalue weighted by molar-refractivity contribution is -1.02. The van der Waals surface area contributed by atoms with Crippen molar-refractivity contribution in [1.29, 1.82) is 0 Å². The quantitative estimate of drug-likeness (QED) is 0.718. The summed E-state index contributed by atoms with van der Waals surface area (Å²) in [6, 6.07) is 26.5. The molecule has 122 valence electrons. The van der Waals surface area contributed by atoms with Crippen LogP contribution in [0.4, 0.5) is 0 Å². The first-order valence-electron chi connectivity index (χ1n) is 9.05. The SMILES string of the molecule is c1ccc(C[NH+]2CC[NH+](Cc3ccc4ccccc4c3)CC2)cc1. The van der Waals surface area contributed by atoms with E-state index in [1.807, 2.05) is 0 Å². The molecule has 0 saturated carbocycles. The van der Waals surface area contributed by atoms with Crippen LogP contribution >= 0.6 is 0 Å². The molecule has 1 aliphatic rings. The maximum absolute atomic E-state index is 2.37. The summed E-state index contributed by atoms with van der Waals surface area (Å²) < 4.78 is 0. The van der Waals surface area contributed by atoms with E-state index in [1.165, 1.54) is 54.6 Å². The van der Waals surface area contributed by atoms with Crippen LogP contribution in [-0.4, -0.2) is 26.2 Å². The first-order valence-corrected chi connectivity index (χ1v) is 9.05. The van der Waals surface area contributed by atoms with Crippen LogP contribution < -0.4 is 9.80 Å². The molecule has 2 heteroatoms. The monoisotopic (exact) mass is 318 g/mol. The molecule has 0 unspecified atom stereocenters. The van der Waals surface area contributed by atoms with E-state index in [0.717, 1.165) is 6.54 Å². The fourth-order valence-electron chi connectivity index (χ4n) is 3.83. The van der Waals surface area contributed by atoms with Gasteiger partial charge in [0.15, 0.2) is 0 Å². The molecule has 0 atom stereocenters. The average Bonchev–Trinajstić information content (AvgIpc) is 2.64. The van der Waals surface area contributed by atoms with Crippen molar-refractivity contribution in [2.24, 2.45) is 0 Å². The maximum atomic E-state index is 2.37. The van der Waals surface area contributed by atoms with Crippen molar-refractivity contribution < 1.29 is 9.80 Å². The van der Waals surface area contributed by atoms with Crippen LogP contribution in [0.1, 0.15) is 11.1 Å². The molecular weight excluding hydrogens is 292 g/mol. The molecule has 0 amide bonds. The van der Waals surface area contributed by atoms with Gasteiger partial charge in [-0.25, -0.2) is 0 Å². The molecule has 1 heterocycles. The zero-order valence-corrected chi connectivity index (χ0v) is 14.2. The molecule has 3 aromatic carbocycles. The second-order valence-electron chi connectivity index (χ2n) is 7.02. The summed E-state index contributed by atoms with van der Waals surface area (Å²) in [6.45, 7) is 7.42. The number of quaternary nitrogens is 2. The highest BCUT2D eigenvalue weighted by molar-refractivity contribution is 5.82. The standard InChI is InChI=1S/C22H24N2/c1-2-6-19(7-3-1)17-23-12-14-24(15-13-23)18-20-10-11-21-8-4-5-9-22(21)16-20/h1-11,16H,12-15,17-18H2/p+2. The van der Waals surface area contributed by atoms with Gasteiger partial charge in [-0.3, -0.25) is 0 Å². The fraction of sp³-hybridized carbons (Fsp3) is 0.273. The number of rotatable bonds is 4. The number of piperazine rings is 1. The Morgan fingerprint density at radius 2 is 1.12 bits per heavy atom. The average molecular weight is 318 g/mol. The number of fused-ring (bicyclic) bond motifs is 1. The minimum Gasteiger partial charge on any atom is -0.322 e. The lowest BCUT2D eigenvalue weighted by atomic mass is 10.1. The van der Waals surface area contributed by atoms with E-state index in [-0.39, 0.29) is 0 Å². The van der Waals surface area contributed by atoms with E-state index in [4.69, 9.17) is 0 Å². The Labute approximate surface area is 144 Å². The molecule has 1 fully saturated rings. The molecule has 0 radical (unpaired) electrons. The van der Waals surface area contributed by atoms with Gasteiger partial charge in [-0.15, -0.1) is 0 Å². The highest BCUT2D eigenvalue weighted by Crippen LogP contribution is 2.14. The molecule has 0 aromatic heterocycles. The van der Waals surface area contributed by atoms with Crippen molar-refractivity contribution in [3.63, 3.8) is 0 Å². The maximum Gasteiger partial charge on any atom is 0.127 e. The van der Waals surface area contributed by atoms with Gasteiger partial charge in [0.2, 0.25) is 0 Å². The third kappa shape index (κ3) is 3.66. The topological polar surface area (TPSA) is 8.88 Å². The zero-order valence-electron chi connectivity index (χ0n) is 14.2. The van der Waals surface area contributed by atoms with Crippen LogP contribution in [0.3, 0.4) is 0 Å². The Kier molecular flexibility index (Phi) is 4.59. The van der Waals surface area contributed by atoms with Gasteiger partial charge >= 0.3 is 0 Å². The molecule has 1 aliphatic heterocycles. The van der Waals surface area contributed by atoms with Gasteiger partial charge in [-0.2, -0.15) is 0 Å². The Morgan fingerprint density at radius 1 is 0.542 bits per heavy atom. The van der Waals surface area contributed by atoms with Gasteiger partial charge in [0, 0.05) is 11.1 Å². The van der Waals surface area contributed by atoms with Crippen molar-refractivity contribution in [2.75, 3.05) is 26.2 Å². The predicted molar refractivity (Wildman–Crippen MR) is 99.2 cm³/mol. The summed E-state index contributed by atoms with van der Waals surface area (Å²) in [4.78, 5) is 3.45. The van der Waals surface area contributed by atoms with E-state index < -0.39 is 0 Å². The van der Waals surface area contributed by atoms with Crippen molar-refractivity contribution in [3.8, 4) is 0 Å². The van der Waals surface area contributed by atoms with Crippen LogP contribution in [0.15, 0.2) is 72.8 Å². The number of hydrogen-bond donors (Lipinski definition) is 2. The summed E-state index contributed by atoms with van der Waals surface area (Å²) in [5, 5.41) is 2.70. The van der Waals surface area contributed by atoms with Crippen LogP contribution in [0, 0.1) is 0 Å². The van der Waals surface area contributed by atoms with Crippen LogP contribution in [0.25, 0.3) is 10.8 Å². The molecule has 2 nitrogen and oxygen atoms in total. The van der Waals surface area contributed by atoms with Crippen molar-refractivity contribution in [3.05, 3.63) is 83.9 Å². The molecule has 2 N–H and O–H groups in total. The van der Waals surface area contributed by atoms with Gasteiger partial charge < -0.3 is 9.80 Å². The lowest BCUT2D eigenvalue weighted by Crippen LogP contribution is -3.27. The van der Waals surface area contributed by atoms with E-state index >= 15 is 0 Å². The van der Waals surface area contributed by atoms with Gasteiger partial charge in [-0.05, 0) is 16.8 Å². The highest BCUT2D eigenvalue weighted by atomic mass is 15.3. The fourth-order valence-corrected chi connectivity index (χ4v) is 3.83. The van der Waals surface area contributed by atoms with Crippen LogP contribution in [0.2, 0.25) is 0 Å². The van der Waals surface area contributed by atoms with Gasteiger partial charge in [0.1, 0.15) is 39.3 Å². The van der Waals surface area contributed by atoms with Gasteiger partial charge in [0.25, 0.3) is 0 Å². The number of hydrogen-bond acceptors (Lipinski definition) is 0. The molecule has 24 heavy (non-hydrogen) atoms. The van der Waals surface area contributed by atoms with Gasteiger partial charge in [-0.1, -0.05) is 66.7 Å². The molecule has 3 aromatic rings. The summed E-state index contributed by atoms with van der Waals surface area (Å²) >= 11 is 0. The minimum atomic E-state index is 1.16. The summed E-state index contributed by atoms with van der Waals surface area (Å²) in [5.41, 5.74) is 2.93. The summed E-state index contributed by atoms with van der Waals surface area (Å²) in [7, 11) is 0. The minimum absolute atomic E-state index is 1.16. The molecule has 0 aliphatic carbocycles. The summed E-state index contributed by atoms with van der Waals surface area (Å²) in [6.07, 6.45) is 0. The molecular formula is C22H26N2+2.